The smallest absolute Gasteiger partial charge is 0.408 e. The van der Waals surface area contributed by atoms with E-state index in [0.29, 0.717) is 5.56 Å². The van der Waals surface area contributed by atoms with Crippen molar-refractivity contribution in [2.75, 3.05) is 0 Å². The molecule has 0 aliphatic rings. The number of ether oxygens (including phenoxy) is 2. The number of alkyl carbamates (subject to hydrolysis) is 2. The van der Waals surface area contributed by atoms with E-state index < -0.39 is 83.4 Å². The molecule has 4 amide bonds. The standard InChI is InChI=1S/C38H58N4O8/c1-23(2)29(40-35(47)49-37(5,6)7)33(45)42(34(46)30(24(3)4)41-36(48)50-38(8,9)10)28(22-26-19-15-12-16-20-26)32(44)31(43)27(39)21-25-17-13-11-14-18-25/h11-20,23-24,27-32,43-44H,21-22,39H2,1-10H3,(H,40,47)(H,41,48)/t27-,28-,29-,30-,31+,32-/m0/s1. The fourth-order valence-corrected chi connectivity index (χ4v) is 5.34. The van der Waals surface area contributed by atoms with Crippen molar-refractivity contribution in [2.45, 2.75) is 130 Å². The minimum Gasteiger partial charge on any atom is -0.444 e. The van der Waals surface area contributed by atoms with Crippen LogP contribution in [-0.4, -0.2) is 86.7 Å². The van der Waals surface area contributed by atoms with Gasteiger partial charge in [0.2, 0.25) is 0 Å². The normalized spacial score (nSPS) is 15.7. The minimum atomic E-state index is -1.74. The van der Waals surface area contributed by atoms with Crippen LogP contribution in [0.5, 0.6) is 0 Å². The van der Waals surface area contributed by atoms with E-state index in [-0.39, 0.29) is 12.8 Å². The lowest BCUT2D eigenvalue weighted by Crippen LogP contribution is -2.65. The first kappa shape index (κ1) is 42.2. The zero-order valence-electron chi connectivity index (χ0n) is 31.2. The number of aliphatic hydroxyl groups excluding tert-OH is 2. The third-order valence-electron chi connectivity index (χ3n) is 7.80. The van der Waals surface area contributed by atoms with Gasteiger partial charge in [0.05, 0.1) is 12.1 Å². The Bertz CT molecular complexity index is 1340. The molecule has 2 aromatic rings. The Morgan fingerprint density at radius 1 is 0.660 bits per heavy atom. The van der Waals surface area contributed by atoms with E-state index in [1.165, 1.54) is 0 Å². The average Bonchev–Trinajstić information content (AvgIpc) is 3.00. The number of rotatable bonds is 14. The van der Waals surface area contributed by atoms with E-state index in [1.54, 1.807) is 99.6 Å². The van der Waals surface area contributed by atoms with Gasteiger partial charge in [-0.3, -0.25) is 14.5 Å². The first-order chi connectivity index (χ1) is 23.1. The average molecular weight is 699 g/mol. The molecule has 0 saturated carbocycles. The molecular formula is C38H58N4O8. The Balaban J connectivity index is 2.73. The molecule has 0 saturated heterocycles. The minimum absolute atomic E-state index is 0.0802. The van der Waals surface area contributed by atoms with Gasteiger partial charge in [0.25, 0.3) is 11.8 Å². The van der Waals surface area contributed by atoms with Crippen LogP contribution in [0.4, 0.5) is 9.59 Å². The molecule has 2 aromatic carbocycles. The van der Waals surface area contributed by atoms with Crippen LogP contribution in [0.15, 0.2) is 60.7 Å². The van der Waals surface area contributed by atoms with Crippen molar-refractivity contribution in [1.82, 2.24) is 15.5 Å². The molecule has 0 unspecified atom stereocenters. The van der Waals surface area contributed by atoms with Crippen LogP contribution in [0.2, 0.25) is 0 Å². The highest BCUT2D eigenvalue weighted by atomic mass is 16.6. The first-order valence-electron chi connectivity index (χ1n) is 17.2. The quantitative estimate of drug-likeness (QED) is 0.192. The van der Waals surface area contributed by atoms with Crippen molar-refractivity contribution >= 4 is 24.0 Å². The largest absolute Gasteiger partial charge is 0.444 e. The lowest BCUT2D eigenvalue weighted by molar-refractivity contribution is -0.157. The summed E-state index contributed by atoms with van der Waals surface area (Å²) in [6.07, 6.45) is -4.99. The lowest BCUT2D eigenvalue weighted by atomic mass is 9.89. The zero-order chi connectivity index (χ0) is 38.0. The van der Waals surface area contributed by atoms with E-state index in [9.17, 15) is 29.4 Å². The Morgan fingerprint density at radius 2 is 1.02 bits per heavy atom. The Morgan fingerprint density at radius 3 is 1.36 bits per heavy atom. The predicted octanol–water partition coefficient (Wildman–Crippen LogP) is 4.34. The van der Waals surface area contributed by atoms with Gasteiger partial charge in [-0.2, -0.15) is 0 Å². The summed E-state index contributed by atoms with van der Waals surface area (Å²) < 4.78 is 10.9. The fraction of sp³-hybridized carbons (Fsp3) is 0.579. The summed E-state index contributed by atoms with van der Waals surface area (Å²) >= 11 is 0. The summed E-state index contributed by atoms with van der Waals surface area (Å²) in [5.41, 5.74) is 6.16. The van der Waals surface area contributed by atoms with Crippen LogP contribution in [0.1, 0.15) is 80.4 Å². The van der Waals surface area contributed by atoms with Crippen molar-refractivity contribution in [3.63, 3.8) is 0 Å². The highest BCUT2D eigenvalue weighted by Gasteiger charge is 2.45. The number of carbonyl (C=O) groups is 4. The topological polar surface area (TPSA) is 181 Å². The molecular weight excluding hydrogens is 640 g/mol. The maximum atomic E-state index is 14.8. The van der Waals surface area contributed by atoms with Gasteiger partial charge >= 0.3 is 12.2 Å². The summed E-state index contributed by atoms with van der Waals surface area (Å²) in [6, 6.07) is 13.1. The van der Waals surface area contributed by atoms with Crippen LogP contribution >= 0.6 is 0 Å². The third-order valence-corrected chi connectivity index (χ3v) is 7.80. The number of imide groups is 1. The number of nitrogens with zero attached hydrogens (tertiary/aromatic N) is 1. The summed E-state index contributed by atoms with van der Waals surface area (Å²) in [5.74, 6) is -2.84. The maximum absolute atomic E-state index is 14.8. The number of hydrogen-bond donors (Lipinski definition) is 5. The molecule has 278 valence electrons. The number of benzene rings is 2. The van der Waals surface area contributed by atoms with Gasteiger partial charge in [-0.1, -0.05) is 88.4 Å². The van der Waals surface area contributed by atoms with E-state index in [4.69, 9.17) is 15.2 Å². The first-order valence-corrected chi connectivity index (χ1v) is 17.2. The number of carbonyl (C=O) groups excluding carboxylic acids is 4. The van der Waals surface area contributed by atoms with Gasteiger partial charge < -0.3 is 36.1 Å². The SMILES string of the molecule is CC(C)[C@H](NC(=O)OC(C)(C)C)C(=O)N(C(=O)[C@@H](NC(=O)OC(C)(C)C)C(C)C)[C@@H](Cc1ccccc1)[C@H](O)[C@H](O)[C@@H](N)Cc1ccccc1. The molecule has 0 fully saturated rings. The van der Waals surface area contributed by atoms with Crippen molar-refractivity contribution in [3.8, 4) is 0 Å². The molecule has 0 bridgehead atoms. The molecule has 12 nitrogen and oxygen atoms in total. The fourth-order valence-electron chi connectivity index (χ4n) is 5.34. The molecule has 0 heterocycles. The molecule has 50 heavy (non-hydrogen) atoms. The number of aliphatic hydroxyl groups is 2. The second-order valence-electron chi connectivity index (χ2n) is 15.4. The van der Waals surface area contributed by atoms with Gasteiger partial charge in [0.1, 0.15) is 29.4 Å². The molecule has 2 rings (SSSR count). The zero-order valence-corrected chi connectivity index (χ0v) is 31.2. The Labute approximate surface area is 297 Å². The van der Waals surface area contributed by atoms with Crippen molar-refractivity contribution in [3.05, 3.63) is 71.8 Å². The molecule has 0 aliphatic carbocycles. The van der Waals surface area contributed by atoms with Gasteiger partial charge in [-0.15, -0.1) is 0 Å². The van der Waals surface area contributed by atoms with Gasteiger partial charge in [0.15, 0.2) is 0 Å². The van der Waals surface area contributed by atoms with Crippen LogP contribution in [0.3, 0.4) is 0 Å². The van der Waals surface area contributed by atoms with E-state index in [1.807, 2.05) is 30.3 Å². The Kier molecular flexibility index (Phi) is 15.4. The summed E-state index contributed by atoms with van der Waals surface area (Å²) in [7, 11) is 0. The molecule has 6 atom stereocenters. The second kappa shape index (κ2) is 18.3. The number of nitrogens with one attached hydrogen (secondary N) is 2. The molecule has 0 aromatic heterocycles. The molecule has 0 spiro atoms. The van der Waals surface area contributed by atoms with E-state index in [0.717, 1.165) is 10.5 Å². The molecule has 6 N–H and O–H groups in total. The number of nitrogens with two attached hydrogens (primary N) is 1. The lowest BCUT2D eigenvalue weighted by Gasteiger charge is -2.41. The molecule has 0 aliphatic heterocycles. The van der Waals surface area contributed by atoms with E-state index in [2.05, 4.69) is 10.6 Å². The van der Waals surface area contributed by atoms with Crippen molar-refractivity contribution in [2.24, 2.45) is 17.6 Å². The Hall–Kier alpha value is -4.00. The van der Waals surface area contributed by atoms with Crippen LogP contribution in [0.25, 0.3) is 0 Å². The summed E-state index contributed by atoms with van der Waals surface area (Å²) in [4.78, 5) is 56.3. The summed E-state index contributed by atoms with van der Waals surface area (Å²) in [5, 5.41) is 28.7. The van der Waals surface area contributed by atoms with Crippen LogP contribution < -0.4 is 16.4 Å². The number of amides is 4. The number of hydrogen-bond acceptors (Lipinski definition) is 9. The van der Waals surface area contributed by atoms with Crippen molar-refractivity contribution < 1.29 is 38.9 Å². The highest BCUT2D eigenvalue weighted by molar-refractivity contribution is 6.02. The predicted molar refractivity (Wildman–Crippen MR) is 192 cm³/mol. The third kappa shape index (κ3) is 13.4. The summed E-state index contributed by atoms with van der Waals surface area (Å²) in [6.45, 7) is 16.8. The van der Waals surface area contributed by atoms with Gasteiger partial charge in [-0.05, 0) is 77.3 Å². The van der Waals surface area contributed by atoms with E-state index >= 15 is 0 Å². The van der Waals surface area contributed by atoms with Crippen molar-refractivity contribution in [1.29, 1.82) is 0 Å². The molecule has 12 heteroatoms. The maximum Gasteiger partial charge on any atom is 0.408 e. The second-order valence-corrected chi connectivity index (χ2v) is 15.4. The van der Waals surface area contributed by atoms with Crippen LogP contribution in [0, 0.1) is 11.8 Å². The molecule has 0 radical (unpaired) electrons. The van der Waals surface area contributed by atoms with Gasteiger partial charge in [-0.25, -0.2) is 9.59 Å². The van der Waals surface area contributed by atoms with Gasteiger partial charge in [0, 0.05) is 6.04 Å². The highest BCUT2D eigenvalue weighted by Crippen LogP contribution is 2.24. The van der Waals surface area contributed by atoms with Crippen LogP contribution in [-0.2, 0) is 31.9 Å². The monoisotopic (exact) mass is 698 g/mol.